The van der Waals surface area contributed by atoms with Crippen LogP contribution >= 0.6 is 0 Å². The molecule has 0 aliphatic carbocycles. The number of aliphatic hydroxyl groups is 1. The summed E-state index contributed by atoms with van der Waals surface area (Å²) < 4.78 is 0. The molecule has 1 N–H and O–H groups in total. The van der Waals surface area contributed by atoms with E-state index in [1.807, 2.05) is 24.8 Å². The van der Waals surface area contributed by atoms with Crippen molar-refractivity contribution >= 4 is 5.91 Å². The van der Waals surface area contributed by atoms with Crippen molar-refractivity contribution in [1.82, 2.24) is 9.80 Å². The Morgan fingerprint density at radius 3 is 2.25 bits per heavy atom. The number of hydrogen-bond donors (Lipinski definition) is 1. The van der Waals surface area contributed by atoms with E-state index in [0.29, 0.717) is 6.54 Å². The minimum atomic E-state index is 0.134. The second kappa shape index (κ2) is 6.37. The lowest BCUT2D eigenvalue weighted by molar-refractivity contribution is 0.0614. The van der Waals surface area contributed by atoms with Crippen molar-refractivity contribution in [2.24, 2.45) is 0 Å². The minimum absolute atomic E-state index is 0.134. The molecule has 4 nitrogen and oxygen atoms in total. The third kappa shape index (κ3) is 3.19. The van der Waals surface area contributed by atoms with Gasteiger partial charge in [0.2, 0.25) is 0 Å². The van der Waals surface area contributed by atoms with Crippen LogP contribution < -0.4 is 0 Å². The third-order valence-electron chi connectivity index (χ3n) is 4.15. The van der Waals surface area contributed by atoms with Gasteiger partial charge in [0.05, 0.1) is 6.61 Å². The minimum Gasteiger partial charge on any atom is -0.395 e. The fourth-order valence-electron chi connectivity index (χ4n) is 2.68. The van der Waals surface area contributed by atoms with Crippen LogP contribution in [-0.2, 0) is 0 Å². The SMILES string of the molecule is Cc1cc(C)c(C(=O)N2CCN(CCO)CC2)cc1C. The molecule has 1 heterocycles. The van der Waals surface area contributed by atoms with Crippen LogP contribution in [0.2, 0.25) is 0 Å². The van der Waals surface area contributed by atoms with Crippen molar-refractivity contribution < 1.29 is 9.90 Å². The summed E-state index contributed by atoms with van der Waals surface area (Å²) in [5.41, 5.74) is 4.27. The molecule has 4 heteroatoms. The van der Waals surface area contributed by atoms with Gasteiger partial charge < -0.3 is 10.0 Å². The number of aryl methyl sites for hydroxylation is 3. The normalized spacial score (nSPS) is 16.5. The zero-order valence-corrected chi connectivity index (χ0v) is 12.6. The van der Waals surface area contributed by atoms with Crippen LogP contribution in [0.3, 0.4) is 0 Å². The number of amides is 1. The highest BCUT2D eigenvalue weighted by atomic mass is 16.3. The van der Waals surface area contributed by atoms with Crippen molar-refractivity contribution in [2.75, 3.05) is 39.3 Å². The molecule has 1 amide bonds. The molecule has 0 unspecified atom stereocenters. The van der Waals surface area contributed by atoms with Gasteiger partial charge in [-0.3, -0.25) is 9.69 Å². The second-order valence-corrected chi connectivity index (χ2v) is 5.61. The third-order valence-corrected chi connectivity index (χ3v) is 4.15. The Morgan fingerprint density at radius 1 is 1.05 bits per heavy atom. The van der Waals surface area contributed by atoms with Crippen molar-refractivity contribution in [1.29, 1.82) is 0 Å². The highest BCUT2D eigenvalue weighted by Gasteiger charge is 2.23. The van der Waals surface area contributed by atoms with Gasteiger partial charge in [0, 0.05) is 38.3 Å². The molecule has 110 valence electrons. The van der Waals surface area contributed by atoms with Gasteiger partial charge in [0.15, 0.2) is 0 Å². The fraction of sp³-hybridized carbons (Fsp3) is 0.562. The number of carbonyl (C=O) groups is 1. The summed E-state index contributed by atoms with van der Waals surface area (Å²) >= 11 is 0. The molecule has 2 rings (SSSR count). The molecule has 1 aliphatic rings. The zero-order chi connectivity index (χ0) is 14.7. The monoisotopic (exact) mass is 276 g/mol. The number of benzene rings is 1. The second-order valence-electron chi connectivity index (χ2n) is 5.61. The summed E-state index contributed by atoms with van der Waals surface area (Å²) in [5.74, 6) is 0.134. The van der Waals surface area contributed by atoms with Crippen LogP contribution in [0.15, 0.2) is 12.1 Å². The maximum Gasteiger partial charge on any atom is 0.254 e. The summed E-state index contributed by atoms with van der Waals surface area (Å²) in [6, 6.07) is 4.09. The van der Waals surface area contributed by atoms with Gasteiger partial charge in [-0.15, -0.1) is 0 Å². The molecule has 1 saturated heterocycles. The number of β-amino-alcohol motifs (C(OH)–C–C–N with tert-alkyl or cyclic N) is 1. The molecule has 1 aromatic carbocycles. The first kappa shape index (κ1) is 15.0. The molecule has 1 aliphatic heterocycles. The average Bonchev–Trinajstić information content (AvgIpc) is 2.43. The molecule has 0 bridgehead atoms. The quantitative estimate of drug-likeness (QED) is 0.906. The molecule has 20 heavy (non-hydrogen) atoms. The van der Waals surface area contributed by atoms with Gasteiger partial charge in [-0.25, -0.2) is 0 Å². The van der Waals surface area contributed by atoms with E-state index in [4.69, 9.17) is 5.11 Å². The van der Waals surface area contributed by atoms with Crippen molar-refractivity contribution in [3.05, 3.63) is 34.4 Å². The van der Waals surface area contributed by atoms with E-state index in [2.05, 4.69) is 17.9 Å². The lowest BCUT2D eigenvalue weighted by atomic mass is 10.00. The average molecular weight is 276 g/mol. The molecular formula is C16H24N2O2. The zero-order valence-electron chi connectivity index (χ0n) is 12.6. The molecular weight excluding hydrogens is 252 g/mol. The number of nitrogens with zero attached hydrogens (tertiary/aromatic N) is 2. The maximum absolute atomic E-state index is 12.6. The Bertz CT molecular complexity index is 491. The maximum atomic E-state index is 12.6. The summed E-state index contributed by atoms with van der Waals surface area (Å²) in [7, 11) is 0. The van der Waals surface area contributed by atoms with Gasteiger partial charge in [-0.1, -0.05) is 6.07 Å². The number of piperazine rings is 1. The van der Waals surface area contributed by atoms with E-state index in [1.54, 1.807) is 0 Å². The van der Waals surface area contributed by atoms with Crippen LogP contribution in [0, 0.1) is 20.8 Å². The van der Waals surface area contributed by atoms with E-state index in [1.165, 1.54) is 5.56 Å². The van der Waals surface area contributed by atoms with E-state index in [0.717, 1.165) is 42.9 Å². The van der Waals surface area contributed by atoms with E-state index < -0.39 is 0 Å². The molecule has 1 fully saturated rings. The van der Waals surface area contributed by atoms with Crippen LogP contribution in [0.4, 0.5) is 0 Å². The number of hydrogen-bond acceptors (Lipinski definition) is 3. The Kier molecular flexibility index (Phi) is 4.78. The van der Waals surface area contributed by atoms with Gasteiger partial charge in [-0.05, 0) is 43.5 Å². The van der Waals surface area contributed by atoms with Gasteiger partial charge >= 0.3 is 0 Å². The largest absolute Gasteiger partial charge is 0.395 e. The molecule has 0 radical (unpaired) electrons. The molecule has 0 aromatic heterocycles. The standard InChI is InChI=1S/C16H24N2O2/c1-12-10-14(3)15(11-13(12)2)16(20)18-6-4-17(5-7-18)8-9-19/h10-11,19H,4-9H2,1-3H3. The summed E-state index contributed by atoms with van der Waals surface area (Å²) in [6.45, 7) is 10.2. The molecule has 0 spiro atoms. The smallest absolute Gasteiger partial charge is 0.254 e. The van der Waals surface area contributed by atoms with Crippen LogP contribution in [-0.4, -0.2) is 60.1 Å². The lowest BCUT2D eigenvalue weighted by Crippen LogP contribution is -2.49. The van der Waals surface area contributed by atoms with Crippen LogP contribution in [0.5, 0.6) is 0 Å². The Hall–Kier alpha value is -1.39. The van der Waals surface area contributed by atoms with Crippen LogP contribution in [0.25, 0.3) is 0 Å². The molecule has 0 saturated carbocycles. The van der Waals surface area contributed by atoms with Crippen molar-refractivity contribution in [2.45, 2.75) is 20.8 Å². The van der Waals surface area contributed by atoms with E-state index >= 15 is 0 Å². The first-order chi connectivity index (χ1) is 9.52. The summed E-state index contributed by atoms with van der Waals surface area (Å²) in [4.78, 5) is 16.7. The van der Waals surface area contributed by atoms with Gasteiger partial charge in [0.1, 0.15) is 0 Å². The number of rotatable bonds is 3. The topological polar surface area (TPSA) is 43.8 Å². The van der Waals surface area contributed by atoms with E-state index in [-0.39, 0.29) is 12.5 Å². The Balaban J connectivity index is 2.07. The summed E-state index contributed by atoms with van der Waals surface area (Å²) in [5, 5.41) is 8.94. The van der Waals surface area contributed by atoms with Crippen molar-refractivity contribution in [3.63, 3.8) is 0 Å². The van der Waals surface area contributed by atoms with Gasteiger partial charge in [0.25, 0.3) is 5.91 Å². The Morgan fingerprint density at radius 2 is 1.65 bits per heavy atom. The van der Waals surface area contributed by atoms with Crippen LogP contribution in [0.1, 0.15) is 27.0 Å². The summed E-state index contributed by atoms with van der Waals surface area (Å²) in [6.07, 6.45) is 0. The predicted molar refractivity (Wildman–Crippen MR) is 80.1 cm³/mol. The fourth-order valence-corrected chi connectivity index (χ4v) is 2.68. The molecule has 0 atom stereocenters. The highest BCUT2D eigenvalue weighted by molar-refractivity contribution is 5.96. The first-order valence-corrected chi connectivity index (χ1v) is 7.23. The first-order valence-electron chi connectivity index (χ1n) is 7.23. The highest BCUT2D eigenvalue weighted by Crippen LogP contribution is 2.18. The van der Waals surface area contributed by atoms with Gasteiger partial charge in [-0.2, -0.15) is 0 Å². The number of carbonyl (C=O) groups excluding carboxylic acids is 1. The van der Waals surface area contributed by atoms with Crippen molar-refractivity contribution in [3.8, 4) is 0 Å². The lowest BCUT2D eigenvalue weighted by Gasteiger charge is -2.34. The van der Waals surface area contributed by atoms with E-state index in [9.17, 15) is 4.79 Å². The number of aliphatic hydroxyl groups excluding tert-OH is 1. The molecule has 1 aromatic rings. The predicted octanol–water partition coefficient (Wildman–Crippen LogP) is 1.36. The Labute approximate surface area is 121 Å².